The van der Waals surface area contributed by atoms with Gasteiger partial charge in [-0.05, 0) is 31.4 Å². The van der Waals surface area contributed by atoms with Gasteiger partial charge in [0.1, 0.15) is 6.04 Å². The van der Waals surface area contributed by atoms with E-state index in [1.54, 1.807) is 30.2 Å². The number of piperidine rings is 1. The van der Waals surface area contributed by atoms with Crippen molar-refractivity contribution in [1.29, 1.82) is 0 Å². The number of nitrogen functional groups attached to an aromatic ring is 1. The number of anilines is 1. The number of fused-ring (bicyclic) bond motifs is 1. The predicted molar refractivity (Wildman–Crippen MR) is 110 cm³/mol. The second-order valence-electron chi connectivity index (χ2n) is 7.86. The van der Waals surface area contributed by atoms with Crippen LogP contribution in [0.1, 0.15) is 67.3 Å². The molecule has 29 heavy (non-hydrogen) atoms. The molecule has 3 rings (SSSR count). The highest BCUT2D eigenvalue weighted by Gasteiger charge is 2.42. The highest BCUT2D eigenvalue weighted by Crippen LogP contribution is 2.32. The van der Waals surface area contributed by atoms with E-state index in [2.05, 4.69) is 0 Å². The zero-order chi connectivity index (χ0) is 20.8. The fraction of sp³-hybridized carbons (Fsp3) is 0.591. The highest BCUT2D eigenvalue weighted by atomic mass is 16.5. The second-order valence-corrected chi connectivity index (χ2v) is 7.86. The van der Waals surface area contributed by atoms with Crippen molar-refractivity contribution in [3.8, 4) is 0 Å². The minimum absolute atomic E-state index is 0.130. The summed E-state index contributed by atoms with van der Waals surface area (Å²) in [6.07, 6.45) is 6.89. The van der Waals surface area contributed by atoms with Crippen molar-refractivity contribution in [1.82, 2.24) is 9.80 Å². The molecule has 0 aromatic heterocycles. The molecule has 1 aromatic carbocycles. The van der Waals surface area contributed by atoms with E-state index in [-0.39, 0.29) is 17.7 Å². The molecule has 1 atom stereocenters. The zero-order valence-electron chi connectivity index (χ0n) is 17.2. The molecule has 1 saturated heterocycles. The largest absolute Gasteiger partial charge is 0.398 e. The summed E-state index contributed by atoms with van der Waals surface area (Å²) in [4.78, 5) is 41.1. The van der Waals surface area contributed by atoms with E-state index < -0.39 is 6.04 Å². The molecule has 1 aromatic rings. The lowest BCUT2D eigenvalue weighted by Gasteiger charge is -2.35. The Morgan fingerprint density at radius 2 is 1.79 bits per heavy atom. The topological polar surface area (TPSA) is 92.9 Å². The Bertz CT molecular complexity index is 764. The minimum atomic E-state index is -0.582. The zero-order valence-corrected chi connectivity index (χ0v) is 17.2. The molecule has 158 valence electrons. The molecular formula is C22H31N3O4. The number of imide groups is 1. The predicted octanol–water partition coefficient (Wildman–Crippen LogP) is 2.73. The maximum absolute atomic E-state index is 13.0. The van der Waals surface area contributed by atoms with Crippen LogP contribution in [0.5, 0.6) is 0 Å². The van der Waals surface area contributed by atoms with E-state index in [0.29, 0.717) is 37.2 Å². The molecule has 2 aliphatic heterocycles. The number of unbranched alkanes of at least 4 members (excludes halogenated alkanes) is 5. The number of rotatable bonds is 10. The summed E-state index contributed by atoms with van der Waals surface area (Å²) in [7, 11) is 1.71. The van der Waals surface area contributed by atoms with Gasteiger partial charge in [-0.3, -0.25) is 19.3 Å². The van der Waals surface area contributed by atoms with Crippen LogP contribution in [-0.2, 0) is 20.9 Å². The van der Waals surface area contributed by atoms with Crippen LogP contribution in [0.2, 0.25) is 0 Å². The molecule has 7 heteroatoms. The fourth-order valence-electron chi connectivity index (χ4n) is 4.20. The van der Waals surface area contributed by atoms with Crippen LogP contribution in [0, 0.1) is 0 Å². The number of nitrogens with zero attached hydrogens (tertiary/aromatic N) is 2. The van der Waals surface area contributed by atoms with E-state index in [0.717, 1.165) is 50.7 Å². The molecular weight excluding hydrogens is 370 g/mol. The monoisotopic (exact) mass is 401 g/mol. The van der Waals surface area contributed by atoms with Crippen LogP contribution in [0.15, 0.2) is 18.2 Å². The quantitative estimate of drug-likeness (QED) is 0.370. The van der Waals surface area contributed by atoms with Crippen molar-refractivity contribution in [3.63, 3.8) is 0 Å². The van der Waals surface area contributed by atoms with Gasteiger partial charge in [0.2, 0.25) is 5.91 Å². The van der Waals surface area contributed by atoms with Gasteiger partial charge in [0.25, 0.3) is 11.8 Å². The molecule has 0 aliphatic carbocycles. The van der Waals surface area contributed by atoms with Gasteiger partial charge >= 0.3 is 0 Å². The highest BCUT2D eigenvalue weighted by molar-refractivity contribution is 6.06. The van der Waals surface area contributed by atoms with Crippen molar-refractivity contribution in [3.05, 3.63) is 29.3 Å². The summed E-state index contributed by atoms with van der Waals surface area (Å²) < 4.78 is 5.04. The maximum Gasteiger partial charge on any atom is 0.255 e. The fourth-order valence-corrected chi connectivity index (χ4v) is 4.20. The van der Waals surface area contributed by atoms with E-state index in [1.165, 1.54) is 4.90 Å². The normalized spacial score (nSPS) is 19.2. The average Bonchev–Trinajstić information content (AvgIpc) is 3.04. The Kier molecular flexibility index (Phi) is 7.25. The van der Waals surface area contributed by atoms with Crippen molar-refractivity contribution in [2.45, 2.75) is 64.0 Å². The van der Waals surface area contributed by atoms with Gasteiger partial charge in [-0.15, -0.1) is 0 Å². The Balaban J connectivity index is 1.53. The third kappa shape index (κ3) is 4.78. The molecule has 0 spiro atoms. The van der Waals surface area contributed by atoms with Crippen molar-refractivity contribution in [2.75, 3.05) is 26.0 Å². The number of carbonyl (C=O) groups is 3. The van der Waals surface area contributed by atoms with Crippen LogP contribution < -0.4 is 5.73 Å². The van der Waals surface area contributed by atoms with Crippen molar-refractivity contribution in [2.24, 2.45) is 0 Å². The van der Waals surface area contributed by atoms with Gasteiger partial charge in [-0.25, -0.2) is 0 Å². The first-order chi connectivity index (χ1) is 14.0. The third-order valence-corrected chi connectivity index (χ3v) is 5.87. The molecule has 2 N–H and O–H groups in total. The first-order valence-electron chi connectivity index (χ1n) is 10.6. The maximum atomic E-state index is 13.0. The summed E-state index contributed by atoms with van der Waals surface area (Å²) in [6.45, 7) is 1.56. The molecule has 1 fully saturated rings. The number of carbonyl (C=O) groups excluding carboxylic acids is 3. The summed E-state index contributed by atoms with van der Waals surface area (Å²) >= 11 is 0. The number of likely N-dealkylation sites (tertiary alicyclic amines) is 1. The first-order valence-corrected chi connectivity index (χ1v) is 10.6. The Labute approximate surface area is 172 Å². The van der Waals surface area contributed by atoms with Gasteiger partial charge in [-0.1, -0.05) is 31.7 Å². The number of nitrogens with two attached hydrogens (primary N) is 1. The number of amides is 3. The van der Waals surface area contributed by atoms with Gasteiger partial charge in [0, 0.05) is 50.0 Å². The van der Waals surface area contributed by atoms with Crippen LogP contribution in [0.3, 0.4) is 0 Å². The third-order valence-electron chi connectivity index (χ3n) is 5.87. The van der Waals surface area contributed by atoms with E-state index in [4.69, 9.17) is 10.5 Å². The Hall–Kier alpha value is -2.41. The number of hydrogen-bond donors (Lipinski definition) is 1. The molecule has 2 heterocycles. The number of benzene rings is 1. The summed E-state index contributed by atoms with van der Waals surface area (Å²) in [5.74, 6) is -0.549. The molecule has 0 saturated carbocycles. The van der Waals surface area contributed by atoms with Gasteiger partial charge < -0.3 is 15.4 Å². The minimum Gasteiger partial charge on any atom is -0.398 e. The summed E-state index contributed by atoms with van der Waals surface area (Å²) in [5.41, 5.74) is 7.92. The van der Waals surface area contributed by atoms with Crippen molar-refractivity contribution >= 4 is 23.4 Å². The lowest BCUT2D eigenvalue weighted by atomic mass is 10.0. The molecule has 2 aliphatic rings. The van der Waals surface area contributed by atoms with Gasteiger partial charge in [0.15, 0.2) is 0 Å². The van der Waals surface area contributed by atoms with Crippen LogP contribution >= 0.6 is 0 Å². The Morgan fingerprint density at radius 1 is 1.07 bits per heavy atom. The smallest absolute Gasteiger partial charge is 0.255 e. The molecule has 3 amide bonds. The lowest BCUT2D eigenvalue weighted by Crippen LogP contribution is -2.54. The van der Waals surface area contributed by atoms with Crippen LogP contribution in [0.25, 0.3) is 0 Å². The molecule has 7 nitrogen and oxygen atoms in total. The standard InChI is InChI=1S/C22H31N3O4/c1-29-14-7-5-3-2-4-6-13-24-20(26)12-11-19(22(24)28)25-15-17-16(21(25)27)9-8-10-18(17)23/h8-10,19H,2-7,11-15,23H2,1H3. The number of hydrogen-bond acceptors (Lipinski definition) is 5. The lowest BCUT2D eigenvalue weighted by molar-refractivity contribution is -0.152. The SMILES string of the molecule is COCCCCCCCCN1C(=O)CCC(N2Cc3c(N)cccc3C2=O)C1=O. The average molecular weight is 402 g/mol. The van der Waals surface area contributed by atoms with Gasteiger partial charge in [-0.2, -0.15) is 0 Å². The second kappa shape index (κ2) is 9.87. The summed E-state index contributed by atoms with van der Waals surface area (Å²) in [5, 5.41) is 0. The van der Waals surface area contributed by atoms with E-state index in [9.17, 15) is 14.4 Å². The van der Waals surface area contributed by atoms with E-state index >= 15 is 0 Å². The van der Waals surface area contributed by atoms with E-state index in [1.807, 2.05) is 0 Å². The van der Waals surface area contributed by atoms with Crippen LogP contribution in [0.4, 0.5) is 5.69 Å². The number of methoxy groups -OCH3 is 1. The molecule has 0 bridgehead atoms. The molecule has 0 radical (unpaired) electrons. The first kappa shape index (κ1) is 21.3. The van der Waals surface area contributed by atoms with Gasteiger partial charge in [0.05, 0.1) is 0 Å². The summed E-state index contributed by atoms with van der Waals surface area (Å²) in [6, 6.07) is 4.69. The van der Waals surface area contributed by atoms with Crippen molar-refractivity contribution < 1.29 is 19.1 Å². The number of ether oxygens (including phenoxy) is 1. The Morgan fingerprint density at radius 3 is 2.52 bits per heavy atom. The molecule has 1 unspecified atom stereocenters. The van der Waals surface area contributed by atoms with Crippen LogP contribution in [-0.4, -0.2) is 53.8 Å².